The molecule has 1 amide bonds. The van der Waals surface area contributed by atoms with E-state index >= 15 is 0 Å². The molecule has 33 heavy (non-hydrogen) atoms. The number of alkyl halides is 6. The molecule has 176 valence electrons. The van der Waals surface area contributed by atoms with Gasteiger partial charge in [0.25, 0.3) is 5.91 Å². The van der Waals surface area contributed by atoms with Crippen molar-refractivity contribution < 1.29 is 40.6 Å². The summed E-state index contributed by atoms with van der Waals surface area (Å²) in [4.78, 5) is 12.4. The molecule has 0 unspecified atom stereocenters. The lowest BCUT2D eigenvalue weighted by Crippen LogP contribution is -2.30. The van der Waals surface area contributed by atoms with Crippen molar-refractivity contribution in [3.8, 4) is 17.2 Å². The lowest BCUT2D eigenvalue weighted by Gasteiger charge is -2.14. The van der Waals surface area contributed by atoms with Crippen molar-refractivity contribution in [2.45, 2.75) is 12.4 Å². The molecule has 0 atom stereocenters. The molecule has 6 nitrogen and oxygen atoms in total. The Kier molecular flexibility index (Phi) is 6.84. The van der Waals surface area contributed by atoms with Gasteiger partial charge < -0.3 is 14.8 Å². The number of aromatic nitrogens is 2. The first-order chi connectivity index (χ1) is 15.5. The van der Waals surface area contributed by atoms with Gasteiger partial charge in [-0.1, -0.05) is 18.2 Å². The molecule has 3 aromatic rings. The van der Waals surface area contributed by atoms with E-state index in [9.17, 15) is 31.1 Å². The second-order valence-electron chi connectivity index (χ2n) is 6.62. The molecule has 1 N–H and O–H groups in total. The van der Waals surface area contributed by atoms with Gasteiger partial charge in [0.2, 0.25) is 0 Å². The number of ether oxygens (including phenoxy) is 2. The standard InChI is InChI=1S/C21H17F6N3O3/c1-32-16-7-2-3-8-17(16)33-10-9-28-19(31)15-12-29-30(18(15)21(25,26)27)14-6-4-5-13(11-14)20(22,23)24/h2-8,11-12H,9-10H2,1H3,(H,28,31). The van der Waals surface area contributed by atoms with E-state index in [1.54, 1.807) is 24.3 Å². The summed E-state index contributed by atoms with van der Waals surface area (Å²) in [5.74, 6) is -0.294. The third-order valence-electron chi connectivity index (χ3n) is 4.41. The minimum absolute atomic E-state index is 0.0742. The highest BCUT2D eigenvalue weighted by Gasteiger charge is 2.41. The number of halogens is 6. The van der Waals surface area contributed by atoms with Crippen molar-refractivity contribution in [3.63, 3.8) is 0 Å². The Morgan fingerprint density at radius 1 is 1.00 bits per heavy atom. The van der Waals surface area contributed by atoms with E-state index in [2.05, 4.69) is 10.4 Å². The Hall–Kier alpha value is -3.70. The number of nitrogens with one attached hydrogen (secondary N) is 1. The number of amides is 1. The van der Waals surface area contributed by atoms with Crippen molar-refractivity contribution in [3.05, 3.63) is 71.5 Å². The smallest absolute Gasteiger partial charge is 0.434 e. The average molecular weight is 473 g/mol. The molecule has 0 saturated carbocycles. The van der Waals surface area contributed by atoms with Gasteiger partial charge in [-0.3, -0.25) is 4.79 Å². The molecule has 1 heterocycles. The van der Waals surface area contributed by atoms with Crippen LogP contribution in [0.3, 0.4) is 0 Å². The Morgan fingerprint density at radius 2 is 1.70 bits per heavy atom. The zero-order chi connectivity index (χ0) is 24.2. The fourth-order valence-corrected chi connectivity index (χ4v) is 2.96. The summed E-state index contributed by atoms with van der Waals surface area (Å²) < 4.78 is 90.8. The summed E-state index contributed by atoms with van der Waals surface area (Å²) in [5.41, 5.74) is -3.97. The molecule has 2 aromatic carbocycles. The number of carbonyl (C=O) groups is 1. The highest BCUT2D eigenvalue weighted by Crippen LogP contribution is 2.35. The van der Waals surface area contributed by atoms with Gasteiger partial charge in [-0.25, -0.2) is 4.68 Å². The van der Waals surface area contributed by atoms with Crippen LogP contribution in [-0.2, 0) is 12.4 Å². The molecule has 0 spiro atoms. The number of benzene rings is 2. The van der Waals surface area contributed by atoms with Crippen LogP contribution in [0.5, 0.6) is 11.5 Å². The summed E-state index contributed by atoms with van der Waals surface area (Å²) in [7, 11) is 1.44. The van der Waals surface area contributed by atoms with Gasteiger partial charge in [0.05, 0.1) is 36.7 Å². The number of hydrogen-bond donors (Lipinski definition) is 1. The maximum atomic E-state index is 13.7. The van der Waals surface area contributed by atoms with Gasteiger partial charge in [0, 0.05) is 0 Å². The van der Waals surface area contributed by atoms with Gasteiger partial charge in [0.1, 0.15) is 6.61 Å². The average Bonchev–Trinajstić information content (AvgIpc) is 3.22. The highest BCUT2D eigenvalue weighted by atomic mass is 19.4. The summed E-state index contributed by atoms with van der Waals surface area (Å²) in [6.07, 6.45) is -9.17. The summed E-state index contributed by atoms with van der Waals surface area (Å²) in [5, 5.41) is 5.80. The van der Waals surface area contributed by atoms with Gasteiger partial charge >= 0.3 is 12.4 Å². The van der Waals surface area contributed by atoms with Crippen molar-refractivity contribution in [2.75, 3.05) is 20.3 Å². The third kappa shape index (κ3) is 5.57. The maximum absolute atomic E-state index is 13.7. The van der Waals surface area contributed by atoms with E-state index < -0.39 is 40.8 Å². The molecule has 0 aliphatic heterocycles. The van der Waals surface area contributed by atoms with Crippen LogP contribution >= 0.6 is 0 Å². The van der Waals surface area contributed by atoms with Crippen molar-refractivity contribution in [1.29, 1.82) is 0 Å². The van der Waals surface area contributed by atoms with Crippen molar-refractivity contribution >= 4 is 5.91 Å². The van der Waals surface area contributed by atoms with Crippen LogP contribution in [0, 0.1) is 0 Å². The zero-order valence-corrected chi connectivity index (χ0v) is 17.0. The van der Waals surface area contributed by atoms with Crippen LogP contribution < -0.4 is 14.8 Å². The zero-order valence-electron chi connectivity index (χ0n) is 17.0. The number of carbonyl (C=O) groups excluding carboxylic acids is 1. The van der Waals surface area contributed by atoms with Gasteiger partial charge in [0.15, 0.2) is 17.2 Å². The van der Waals surface area contributed by atoms with Crippen LogP contribution in [-0.4, -0.2) is 35.9 Å². The minimum atomic E-state index is -5.06. The monoisotopic (exact) mass is 473 g/mol. The molecular weight excluding hydrogens is 456 g/mol. The van der Waals surface area contributed by atoms with Crippen LogP contribution in [0.4, 0.5) is 26.3 Å². The molecule has 0 fully saturated rings. The summed E-state index contributed by atoms with van der Waals surface area (Å²) in [6.45, 7) is -0.224. The molecule has 0 bridgehead atoms. The lowest BCUT2D eigenvalue weighted by molar-refractivity contribution is -0.143. The van der Waals surface area contributed by atoms with Gasteiger partial charge in [-0.15, -0.1) is 0 Å². The van der Waals surface area contributed by atoms with E-state index in [0.717, 1.165) is 18.2 Å². The van der Waals surface area contributed by atoms with E-state index in [4.69, 9.17) is 9.47 Å². The van der Waals surface area contributed by atoms with Crippen molar-refractivity contribution in [1.82, 2.24) is 15.1 Å². The molecular formula is C21H17F6N3O3. The number of para-hydroxylation sites is 2. The third-order valence-corrected chi connectivity index (χ3v) is 4.41. The fourth-order valence-electron chi connectivity index (χ4n) is 2.96. The van der Waals surface area contributed by atoms with Gasteiger partial charge in [-0.2, -0.15) is 31.4 Å². The van der Waals surface area contributed by atoms with E-state index in [1.807, 2.05) is 0 Å². The second kappa shape index (κ2) is 9.43. The molecule has 0 radical (unpaired) electrons. The molecule has 3 rings (SSSR count). The number of hydrogen-bond acceptors (Lipinski definition) is 4. The Bertz CT molecular complexity index is 1120. The number of nitrogens with zero attached hydrogens (tertiary/aromatic N) is 2. The largest absolute Gasteiger partial charge is 0.493 e. The topological polar surface area (TPSA) is 65.4 Å². The Balaban J connectivity index is 1.78. The Morgan fingerprint density at radius 3 is 2.33 bits per heavy atom. The second-order valence-corrected chi connectivity index (χ2v) is 6.62. The molecule has 0 aliphatic rings. The molecule has 0 aliphatic carbocycles. The predicted octanol–water partition coefficient (Wildman–Crippen LogP) is 4.73. The Labute approximate surface area is 183 Å². The van der Waals surface area contributed by atoms with Crippen molar-refractivity contribution in [2.24, 2.45) is 0 Å². The quantitative estimate of drug-likeness (QED) is 0.398. The fraction of sp³-hybridized carbons (Fsp3) is 0.238. The maximum Gasteiger partial charge on any atom is 0.434 e. The van der Waals surface area contributed by atoms with Crippen LogP contribution in [0.15, 0.2) is 54.7 Å². The first-order valence-electron chi connectivity index (χ1n) is 9.39. The van der Waals surface area contributed by atoms with Gasteiger partial charge in [-0.05, 0) is 30.3 Å². The predicted molar refractivity (Wildman–Crippen MR) is 104 cm³/mol. The van der Waals surface area contributed by atoms with Crippen LogP contribution in [0.25, 0.3) is 5.69 Å². The van der Waals surface area contributed by atoms with E-state index in [0.29, 0.717) is 23.8 Å². The number of rotatable bonds is 7. The molecule has 12 heteroatoms. The lowest BCUT2D eigenvalue weighted by atomic mass is 10.1. The van der Waals surface area contributed by atoms with Crippen LogP contribution in [0.1, 0.15) is 21.6 Å². The molecule has 0 saturated heterocycles. The molecule has 1 aromatic heterocycles. The van der Waals surface area contributed by atoms with E-state index in [-0.39, 0.29) is 17.8 Å². The minimum Gasteiger partial charge on any atom is -0.493 e. The number of methoxy groups -OCH3 is 1. The first kappa shape index (κ1) is 24.0. The normalized spacial score (nSPS) is 11.8. The summed E-state index contributed by atoms with van der Waals surface area (Å²) >= 11 is 0. The first-order valence-corrected chi connectivity index (χ1v) is 9.39. The van der Waals surface area contributed by atoms with E-state index in [1.165, 1.54) is 7.11 Å². The SMILES string of the molecule is COc1ccccc1OCCNC(=O)c1cnn(-c2cccc(C(F)(F)F)c2)c1C(F)(F)F. The van der Waals surface area contributed by atoms with Crippen LogP contribution in [0.2, 0.25) is 0 Å². The highest BCUT2D eigenvalue weighted by molar-refractivity contribution is 5.95. The summed E-state index contributed by atoms with van der Waals surface area (Å²) in [6, 6.07) is 9.88.